The lowest BCUT2D eigenvalue weighted by molar-refractivity contribution is -0.141. The molecule has 2 N–H and O–H groups in total. The van der Waals surface area contributed by atoms with E-state index in [0.717, 1.165) is 32.2 Å². The Kier molecular flexibility index (Phi) is 4.95. The molecule has 0 aliphatic heterocycles. The molecule has 0 spiro atoms. The third-order valence-corrected chi connectivity index (χ3v) is 5.73. The van der Waals surface area contributed by atoms with Crippen LogP contribution in [-0.2, 0) is 9.59 Å². The molecule has 2 rings (SSSR count). The van der Waals surface area contributed by atoms with Gasteiger partial charge in [0.1, 0.15) is 0 Å². The van der Waals surface area contributed by atoms with E-state index in [4.69, 9.17) is 5.11 Å². The van der Waals surface area contributed by atoms with Crippen LogP contribution in [0.25, 0.3) is 0 Å². The largest absolute Gasteiger partial charge is 0.481 e. The minimum atomic E-state index is -0.773. The fourth-order valence-corrected chi connectivity index (χ4v) is 3.84. The van der Waals surface area contributed by atoms with Crippen LogP contribution in [0.4, 0.5) is 0 Å². The molecule has 2 aliphatic carbocycles. The first-order valence-corrected chi connectivity index (χ1v) is 8.36. The summed E-state index contributed by atoms with van der Waals surface area (Å²) in [5.74, 6) is -0.129. The van der Waals surface area contributed by atoms with Crippen LogP contribution in [0.2, 0.25) is 0 Å². The molecule has 0 saturated heterocycles. The predicted molar refractivity (Wildman–Crippen MR) is 81.9 cm³/mol. The summed E-state index contributed by atoms with van der Waals surface area (Å²) in [6.45, 7) is 5.19. The van der Waals surface area contributed by atoms with Gasteiger partial charge in [-0.2, -0.15) is 0 Å². The van der Waals surface area contributed by atoms with Gasteiger partial charge in [0.15, 0.2) is 0 Å². The number of aliphatic carboxylic acids is 1. The maximum Gasteiger partial charge on any atom is 0.303 e. The molecule has 0 radical (unpaired) electrons. The van der Waals surface area contributed by atoms with E-state index in [1.807, 2.05) is 0 Å². The predicted octanol–water partition coefficient (Wildman–Crippen LogP) is 3.35. The average molecular weight is 295 g/mol. The minimum Gasteiger partial charge on any atom is -0.481 e. The second-order valence-electron chi connectivity index (χ2n) is 7.60. The van der Waals surface area contributed by atoms with Gasteiger partial charge < -0.3 is 10.4 Å². The maximum absolute atomic E-state index is 12.3. The molecule has 21 heavy (non-hydrogen) atoms. The summed E-state index contributed by atoms with van der Waals surface area (Å²) in [4.78, 5) is 23.4. The van der Waals surface area contributed by atoms with Crippen molar-refractivity contribution in [2.24, 2.45) is 16.7 Å². The van der Waals surface area contributed by atoms with E-state index in [-0.39, 0.29) is 17.7 Å². The van der Waals surface area contributed by atoms with Crippen molar-refractivity contribution in [1.29, 1.82) is 0 Å². The number of hydrogen-bond acceptors (Lipinski definition) is 2. The molecule has 0 aromatic carbocycles. The van der Waals surface area contributed by atoms with Crippen molar-refractivity contribution in [3.8, 4) is 0 Å². The Hall–Kier alpha value is -1.06. The Balaban J connectivity index is 1.87. The van der Waals surface area contributed by atoms with Gasteiger partial charge in [-0.3, -0.25) is 9.59 Å². The lowest BCUT2D eigenvalue weighted by Gasteiger charge is -2.35. The Morgan fingerprint density at radius 2 is 1.67 bits per heavy atom. The van der Waals surface area contributed by atoms with Crippen LogP contribution < -0.4 is 5.32 Å². The molecule has 2 aliphatic rings. The smallest absolute Gasteiger partial charge is 0.303 e. The first-order chi connectivity index (χ1) is 9.88. The van der Waals surface area contributed by atoms with E-state index in [9.17, 15) is 9.59 Å². The Bertz CT molecular complexity index is 393. The van der Waals surface area contributed by atoms with Crippen molar-refractivity contribution in [3.63, 3.8) is 0 Å². The summed E-state index contributed by atoms with van der Waals surface area (Å²) in [7, 11) is 0. The fraction of sp³-hybridized carbons (Fsp3) is 0.882. The maximum atomic E-state index is 12.3. The second-order valence-corrected chi connectivity index (χ2v) is 7.60. The normalized spacial score (nSPS) is 22.8. The van der Waals surface area contributed by atoms with Crippen molar-refractivity contribution in [2.45, 2.75) is 71.6 Å². The monoisotopic (exact) mass is 295 g/mol. The van der Waals surface area contributed by atoms with Crippen LogP contribution in [0, 0.1) is 16.7 Å². The SMILES string of the molecule is CC(C)C1(CNC(=O)CC2(CC(=O)O)CCCCC2)CC1. The fourth-order valence-electron chi connectivity index (χ4n) is 3.84. The quantitative estimate of drug-likeness (QED) is 0.757. The zero-order valence-corrected chi connectivity index (χ0v) is 13.4. The highest BCUT2D eigenvalue weighted by Gasteiger charge is 2.45. The van der Waals surface area contributed by atoms with Gasteiger partial charge in [-0.05, 0) is 42.4 Å². The third kappa shape index (κ3) is 4.21. The van der Waals surface area contributed by atoms with Gasteiger partial charge in [-0.15, -0.1) is 0 Å². The Morgan fingerprint density at radius 3 is 2.14 bits per heavy atom. The topological polar surface area (TPSA) is 66.4 Å². The molecule has 2 saturated carbocycles. The highest BCUT2D eigenvalue weighted by Crippen LogP contribution is 2.51. The minimum absolute atomic E-state index is 0.0464. The molecule has 4 heteroatoms. The van der Waals surface area contributed by atoms with Crippen LogP contribution in [0.3, 0.4) is 0 Å². The van der Waals surface area contributed by atoms with Crippen LogP contribution in [-0.4, -0.2) is 23.5 Å². The summed E-state index contributed by atoms with van der Waals surface area (Å²) in [6, 6.07) is 0. The highest BCUT2D eigenvalue weighted by molar-refractivity contribution is 5.78. The first-order valence-electron chi connectivity index (χ1n) is 8.36. The molecule has 2 fully saturated rings. The molecular formula is C17H29NO3. The molecule has 1 amide bonds. The number of rotatable bonds is 7. The van der Waals surface area contributed by atoms with E-state index in [0.29, 0.717) is 17.8 Å². The summed E-state index contributed by atoms with van der Waals surface area (Å²) in [5.41, 5.74) is 0.00486. The summed E-state index contributed by atoms with van der Waals surface area (Å²) >= 11 is 0. The molecule has 0 heterocycles. The number of carboxylic acids is 1. The van der Waals surface area contributed by atoms with Crippen LogP contribution >= 0.6 is 0 Å². The molecule has 0 bridgehead atoms. The highest BCUT2D eigenvalue weighted by atomic mass is 16.4. The van der Waals surface area contributed by atoms with Crippen LogP contribution in [0.15, 0.2) is 0 Å². The number of carbonyl (C=O) groups is 2. The van der Waals surface area contributed by atoms with Gasteiger partial charge in [0.2, 0.25) is 5.91 Å². The van der Waals surface area contributed by atoms with Crippen molar-refractivity contribution >= 4 is 11.9 Å². The van der Waals surface area contributed by atoms with E-state index < -0.39 is 5.97 Å². The number of carbonyl (C=O) groups excluding carboxylic acids is 1. The third-order valence-electron chi connectivity index (χ3n) is 5.73. The van der Waals surface area contributed by atoms with Crippen molar-refractivity contribution < 1.29 is 14.7 Å². The van der Waals surface area contributed by atoms with Crippen molar-refractivity contribution in [1.82, 2.24) is 5.32 Å². The van der Waals surface area contributed by atoms with Gasteiger partial charge in [0.25, 0.3) is 0 Å². The van der Waals surface area contributed by atoms with E-state index in [2.05, 4.69) is 19.2 Å². The molecule has 4 nitrogen and oxygen atoms in total. The van der Waals surface area contributed by atoms with E-state index in [1.54, 1.807) is 0 Å². The number of nitrogens with one attached hydrogen (secondary N) is 1. The lowest BCUT2D eigenvalue weighted by Crippen LogP contribution is -2.38. The van der Waals surface area contributed by atoms with E-state index in [1.165, 1.54) is 19.3 Å². The number of carboxylic acid groups (broad SMARTS) is 1. The van der Waals surface area contributed by atoms with Gasteiger partial charge in [-0.1, -0.05) is 33.1 Å². The molecule has 0 aromatic rings. The number of hydrogen-bond donors (Lipinski definition) is 2. The zero-order chi connectivity index (χ0) is 15.5. The van der Waals surface area contributed by atoms with Gasteiger partial charge in [-0.25, -0.2) is 0 Å². The summed E-state index contributed by atoms with van der Waals surface area (Å²) in [6.07, 6.45) is 7.94. The van der Waals surface area contributed by atoms with Gasteiger partial charge in [0, 0.05) is 13.0 Å². The Morgan fingerprint density at radius 1 is 1.05 bits per heavy atom. The average Bonchev–Trinajstić information content (AvgIpc) is 3.17. The zero-order valence-electron chi connectivity index (χ0n) is 13.4. The number of amides is 1. The summed E-state index contributed by atoms with van der Waals surface area (Å²) in [5, 5.41) is 12.2. The molecule has 0 aromatic heterocycles. The Labute approximate surface area is 127 Å². The first kappa shape index (κ1) is 16.3. The van der Waals surface area contributed by atoms with Crippen molar-refractivity contribution in [2.75, 3.05) is 6.54 Å². The standard InChI is InChI=1S/C17H29NO3/c1-13(2)17(8-9-17)12-18-14(19)10-16(11-15(20)21)6-4-3-5-7-16/h13H,3-12H2,1-2H3,(H,18,19)(H,20,21). The van der Waals surface area contributed by atoms with Crippen molar-refractivity contribution in [3.05, 3.63) is 0 Å². The van der Waals surface area contributed by atoms with Gasteiger partial charge >= 0.3 is 5.97 Å². The molecule has 0 unspecified atom stereocenters. The van der Waals surface area contributed by atoms with Crippen LogP contribution in [0.1, 0.15) is 71.6 Å². The molecule has 0 atom stereocenters. The molecular weight excluding hydrogens is 266 g/mol. The van der Waals surface area contributed by atoms with E-state index >= 15 is 0 Å². The lowest BCUT2D eigenvalue weighted by atomic mass is 9.69. The van der Waals surface area contributed by atoms with Crippen LogP contribution in [0.5, 0.6) is 0 Å². The molecule has 120 valence electrons. The van der Waals surface area contributed by atoms with Gasteiger partial charge in [0.05, 0.1) is 6.42 Å². The summed E-state index contributed by atoms with van der Waals surface area (Å²) < 4.78 is 0. The second kappa shape index (κ2) is 6.37.